The number of thioether (sulfide) groups is 1. The first-order valence-electron chi connectivity index (χ1n) is 7.48. The van der Waals surface area contributed by atoms with Crippen molar-refractivity contribution < 1.29 is 13.6 Å². The van der Waals surface area contributed by atoms with Gasteiger partial charge in [-0.05, 0) is 37.1 Å². The Labute approximate surface area is 143 Å². The summed E-state index contributed by atoms with van der Waals surface area (Å²) in [6.45, 7) is 3.99. The number of nitrogens with zero attached hydrogens (tertiary/aromatic N) is 2. The Hall–Kier alpha value is -2.54. The number of furan rings is 1. The molecular weight excluding hydrogens is 326 g/mol. The van der Waals surface area contributed by atoms with E-state index in [1.165, 1.54) is 18.0 Å². The number of hydrogen-bond donors (Lipinski definition) is 1. The van der Waals surface area contributed by atoms with E-state index in [0.29, 0.717) is 16.9 Å². The van der Waals surface area contributed by atoms with E-state index >= 15 is 0 Å². The molecule has 1 aromatic carbocycles. The number of carbonyl (C=O) groups is 1. The van der Waals surface area contributed by atoms with E-state index in [0.717, 1.165) is 11.1 Å². The average molecular weight is 343 g/mol. The summed E-state index contributed by atoms with van der Waals surface area (Å²) in [7, 11) is 0. The fourth-order valence-electron chi connectivity index (χ4n) is 2.33. The first kappa shape index (κ1) is 16.3. The van der Waals surface area contributed by atoms with Gasteiger partial charge in [-0.2, -0.15) is 0 Å². The zero-order chi connectivity index (χ0) is 16.9. The molecule has 0 aliphatic heterocycles. The molecule has 0 radical (unpaired) electrons. The Balaban J connectivity index is 1.53. The Kier molecular flexibility index (Phi) is 5.00. The molecule has 0 aliphatic rings. The molecule has 124 valence electrons. The monoisotopic (exact) mass is 343 g/mol. The molecule has 24 heavy (non-hydrogen) atoms. The second-order valence-electron chi connectivity index (χ2n) is 5.28. The second kappa shape index (κ2) is 7.35. The van der Waals surface area contributed by atoms with Gasteiger partial charge in [0.05, 0.1) is 18.1 Å². The van der Waals surface area contributed by atoms with Crippen molar-refractivity contribution >= 4 is 17.7 Å². The Bertz CT molecular complexity index is 814. The van der Waals surface area contributed by atoms with Gasteiger partial charge in [-0.1, -0.05) is 36.0 Å². The summed E-state index contributed by atoms with van der Waals surface area (Å²) in [4.78, 5) is 12.1. The van der Waals surface area contributed by atoms with Crippen molar-refractivity contribution in [2.45, 2.75) is 25.1 Å². The molecule has 6 nitrogen and oxygen atoms in total. The van der Waals surface area contributed by atoms with Crippen molar-refractivity contribution in [2.75, 3.05) is 5.75 Å². The molecule has 0 saturated heterocycles. The van der Waals surface area contributed by atoms with Gasteiger partial charge in [-0.15, -0.1) is 10.2 Å². The fourth-order valence-corrected chi connectivity index (χ4v) is 2.90. The van der Waals surface area contributed by atoms with Crippen LogP contribution in [0.4, 0.5) is 0 Å². The van der Waals surface area contributed by atoms with Crippen LogP contribution in [-0.2, 0) is 4.79 Å². The highest BCUT2D eigenvalue weighted by molar-refractivity contribution is 7.99. The summed E-state index contributed by atoms with van der Waals surface area (Å²) in [5.74, 6) is 0.924. The van der Waals surface area contributed by atoms with Gasteiger partial charge in [-0.25, -0.2) is 0 Å². The van der Waals surface area contributed by atoms with Gasteiger partial charge in [0.1, 0.15) is 0 Å². The summed E-state index contributed by atoms with van der Waals surface area (Å²) in [6, 6.07) is 11.4. The van der Waals surface area contributed by atoms with Crippen LogP contribution in [0.1, 0.15) is 24.1 Å². The van der Waals surface area contributed by atoms with Crippen LogP contribution in [0.25, 0.3) is 11.7 Å². The molecule has 0 saturated carbocycles. The van der Waals surface area contributed by atoms with Crippen molar-refractivity contribution in [2.24, 2.45) is 0 Å². The maximum atomic E-state index is 12.1. The number of carbonyl (C=O) groups excluding carboxylic acids is 1. The van der Waals surface area contributed by atoms with Crippen LogP contribution < -0.4 is 5.32 Å². The van der Waals surface area contributed by atoms with E-state index < -0.39 is 0 Å². The summed E-state index contributed by atoms with van der Waals surface area (Å²) in [5.41, 5.74) is 2.26. The maximum absolute atomic E-state index is 12.1. The molecule has 3 aromatic rings. The Morgan fingerprint density at radius 2 is 2.08 bits per heavy atom. The van der Waals surface area contributed by atoms with Crippen LogP contribution in [0.5, 0.6) is 0 Å². The summed E-state index contributed by atoms with van der Waals surface area (Å²) >= 11 is 1.19. The first-order chi connectivity index (χ1) is 11.6. The molecule has 1 amide bonds. The lowest BCUT2D eigenvalue weighted by Gasteiger charge is -2.16. The quantitative estimate of drug-likeness (QED) is 0.689. The molecule has 3 rings (SSSR count). The average Bonchev–Trinajstić information content (AvgIpc) is 3.24. The number of hydrogen-bond acceptors (Lipinski definition) is 6. The normalized spacial score (nSPS) is 12.1. The minimum Gasteiger partial charge on any atom is -0.459 e. The van der Waals surface area contributed by atoms with Crippen LogP contribution in [-0.4, -0.2) is 21.9 Å². The lowest BCUT2D eigenvalue weighted by Crippen LogP contribution is -2.28. The molecule has 0 bridgehead atoms. The van der Waals surface area contributed by atoms with Gasteiger partial charge in [0.15, 0.2) is 5.76 Å². The van der Waals surface area contributed by atoms with Gasteiger partial charge < -0.3 is 14.2 Å². The van der Waals surface area contributed by atoms with Crippen molar-refractivity contribution in [1.82, 2.24) is 15.5 Å². The Morgan fingerprint density at radius 1 is 1.25 bits per heavy atom. The number of benzene rings is 1. The first-order valence-corrected chi connectivity index (χ1v) is 8.47. The van der Waals surface area contributed by atoms with Crippen LogP contribution in [0.2, 0.25) is 0 Å². The van der Waals surface area contributed by atoms with Crippen LogP contribution in [0.3, 0.4) is 0 Å². The molecule has 1 atom stereocenters. The molecular formula is C17H17N3O3S. The highest BCUT2D eigenvalue weighted by Crippen LogP contribution is 2.23. The molecule has 0 fully saturated rings. The number of amides is 1. The van der Waals surface area contributed by atoms with Crippen LogP contribution in [0, 0.1) is 6.92 Å². The second-order valence-corrected chi connectivity index (χ2v) is 6.21. The number of aromatic nitrogens is 2. The largest absolute Gasteiger partial charge is 0.459 e. The van der Waals surface area contributed by atoms with Crippen molar-refractivity contribution in [3.63, 3.8) is 0 Å². The molecule has 2 aromatic heterocycles. The third kappa shape index (κ3) is 3.86. The van der Waals surface area contributed by atoms with Crippen molar-refractivity contribution in [3.05, 3.63) is 53.8 Å². The standard InChI is InChI=1S/C17H17N3O3S/c1-11-6-3-4-7-13(11)12(2)18-15(21)10-24-17-20-19-16(23-17)14-8-5-9-22-14/h3-9,12H,10H2,1-2H3,(H,18,21). The van der Waals surface area contributed by atoms with E-state index in [-0.39, 0.29) is 17.7 Å². The maximum Gasteiger partial charge on any atom is 0.284 e. The highest BCUT2D eigenvalue weighted by atomic mass is 32.2. The number of nitrogens with one attached hydrogen (secondary N) is 1. The third-order valence-electron chi connectivity index (χ3n) is 3.50. The van der Waals surface area contributed by atoms with Gasteiger partial charge in [0.25, 0.3) is 11.1 Å². The predicted molar refractivity (Wildman–Crippen MR) is 90.5 cm³/mol. The van der Waals surface area contributed by atoms with Crippen LogP contribution in [0.15, 0.2) is 56.7 Å². The van der Waals surface area contributed by atoms with E-state index in [1.807, 2.05) is 38.1 Å². The zero-order valence-corrected chi connectivity index (χ0v) is 14.2. The fraction of sp³-hybridized carbons (Fsp3) is 0.235. The third-order valence-corrected chi connectivity index (χ3v) is 4.32. The topological polar surface area (TPSA) is 81.2 Å². The molecule has 2 heterocycles. The molecule has 0 spiro atoms. The van der Waals surface area contributed by atoms with E-state index in [2.05, 4.69) is 15.5 Å². The van der Waals surface area contributed by atoms with Gasteiger partial charge in [-0.3, -0.25) is 4.79 Å². The highest BCUT2D eigenvalue weighted by Gasteiger charge is 2.15. The summed E-state index contributed by atoms with van der Waals surface area (Å²) in [6.07, 6.45) is 1.53. The van der Waals surface area contributed by atoms with E-state index in [4.69, 9.17) is 8.83 Å². The lowest BCUT2D eigenvalue weighted by molar-refractivity contribution is -0.119. The van der Waals surface area contributed by atoms with Gasteiger partial charge in [0.2, 0.25) is 5.91 Å². The SMILES string of the molecule is Cc1ccccc1C(C)NC(=O)CSc1nnc(-c2ccco2)o1. The predicted octanol–water partition coefficient (Wildman–Crippen LogP) is 3.61. The van der Waals surface area contributed by atoms with Crippen molar-refractivity contribution in [3.8, 4) is 11.7 Å². The lowest BCUT2D eigenvalue weighted by atomic mass is 10.0. The summed E-state index contributed by atoms with van der Waals surface area (Å²) < 4.78 is 10.6. The van der Waals surface area contributed by atoms with Gasteiger partial charge in [0, 0.05) is 0 Å². The molecule has 1 N–H and O–H groups in total. The van der Waals surface area contributed by atoms with Crippen molar-refractivity contribution in [1.29, 1.82) is 0 Å². The van der Waals surface area contributed by atoms with E-state index in [1.54, 1.807) is 12.1 Å². The number of rotatable bonds is 6. The molecule has 7 heteroatoms. The smallest absolute Gasteiger partial charge is 0.284 e. The van der Waals surface area contributed by atoms with Crippen LogP contribution >= 0.6 is 11.8 Å². The zero-order valence-electron chi connectivity index (χ0n) is 13.4. The Morgan fingerprint density at radius 3 is 2.83 bits per heavy atom. The summed E-state index contributed by atoms with van der Waals surface area (Å²) in [5, 5.41) is 11.1. The molecule has 0 aliphatic carbocycles. The minimum absolute atomic E-state index is 0.0549. The number of aryl methyl sites for hydroxylation is 1. The minimum atomic E-state index is -0.0894. The van der Waals surface area contributed by atoms with E-state index in [9.17, 15) is 4.79 Å². The van der Waals surface area contributed by atoms with Gasteiger partial charge >= 0.3 is 0 Å². The molecule has 1 unspecified atom stereocenters.